The number of unbranched alkanes of at least 4 members (excludes halogenated alkanes) is 3. The maximum atomic E-state index is 6.08. The van der Waals surface area contributed by atoms with Crippen LogP contribution in [0.4, 0.5) is 0 Å². The Bertz CT molecular complexity index is 57.4. The van der Waals surface area contributed by atoms with E-state index in [0.29, 0.717) is 0 Å². The molecule has 0 aromatic carbocycles. The van der Waals surface area contributed by atoms with Gasteiger partial charge in [-0.3, -0.25) is 0 Å². The lowest BCUT2D eigenvalue weighted by molar-refractivity contribution is 0.702. The average Bonchev–Trinajstić information content (AvgIpc) is 2.04. The molecule has 0 heterocycles. The molecular weight excluding hydrogens is 146 g/mol. The molecule has 0 aliphatic heterocycles. The molecule has 0 spiro atoms. The number of rotatable bonds is 3. The summed E-state index contributed by atoms with van der Waals surface area (Å²) in [4.78, 5) is 0. The van der Waals surface area contributed by atoms with Crippen molar-refractivity contribution in [3.63, 3.8) is 0 Å². The number of allylic oxidation sites excluding steroid dienone is 1. The van der Waals surface area contributed by atoms with Gasteiger partial charge in [0.15, 0.2) is 0 Å². The van der Waals surface area contributed by atoms with E-state index in [0.717, 1.165) is 0 Å². The van der Waals surface area contributed by atoms with Crippen molar-refractivity contribution in [3.8, 4) is 0 Å². The fourth-order valence-corrected chi connectivity index (χ4v) is 0.500. The maximum absolute atomic E-state index is 6.08. The minimum absolute atomic E-state index is 1.25. The van der Waals surface area contributed by atoms with Crippen LogP contribution in [0, 0.1) is 5.41 Å². The van der Waals surface area contributed by atoms with E-state index >= 15 is 0 Å². The highest BCUT2D eigenvalue weighted by Crippen LogP contribution is 1.95. The van der Waals surface area contributed by atoms with Crippen LogP contribution in [0.5, 0.6) is 0 Å². The molecule has 74 valence electrons. The lowest BCUT2D eigenvalue weighted by Crippen LogP contribution is -1.66. The summed E-state index contributed by atoms with van der Waals surface area (Å²) in [6.07, 6.45) is 8.54. The third-order valence-electron chi connectivity index (χ3n) is 0.957. The fourth-order valence-electron chi connectivity index (χ4n) is 0.500. The highest BCUT2D eigenvalue weighted by Gasteiger charge is 1.75. The van der Waals surface area contributed by atoms with Gasteiger partial charge in [0.05, 0.1) is 0 Å². The molecule has 0 aliphatic rings. The summed E-state index contributed by atoms with van der Waals surface area (Å²) in [6, 6.07) is 0. The van der Waals surface area contributed by atoms with Crippen molar-refractivity contribution >= 4 is 6.21 Å². The Morgan fingerprint density at radius 2 is 1.25 bits per heavy atom. The van der Waals surface area contributed by atoms with Crippen molar-refractivity contribution in [2.75, 3.05) is 0 Å². The van der Waals surface area contributed by atoms with Gasteiger partial charge in [-0.05, 0) is 20.1 Å². The Kier molecular flexibility index (Phi) is 45.9. The molecule has 12 heavy (non-hydrogen) atoms. The predicted molar refractivity (Wildman–Crippen MR) is 60.1 cm³/mol. The largest absolute Gasteiger partial charge is 0.313 e. The summed E-state index contributed by atoms with van der Waals surface area (Å²) in [7, 11) is 0. The van der Waals surface area contributed by atoms with Crippen LogP contribution in [0.3, 0.4) is 0 Å². The molecular formula is C11H25N. The van der Waals surface area contributed by atoms with Gasteiger partial charge in [-0.2, -0.15) is 0 Å². The Hall–Kier alpha value is -0.590. The minimum Gasteiger partial charge on any atom is -0.313 e. The molecule has 0 aliphatic carbocycles. The van der Waals surface area contributed by atoms with E-state index in [9.17, 15) is 0 Å². The molecule has 1 N–H and O–H groups in total. The Labute approximate surface area is 78.4 Å². The van der Waals surface area contributed by atoms with Gasteiger partial charge in [0.25, 0.3) is 0 Å². The number of nitrogens with one attached hydrogen (secondary N) is 1. The van der Waals surface area contributed by atoms with E-state index in [2.05, 4.69) is 20.4 Å². The zero-order valence-electron chi connectivity index (χ0n) is 9.19. The standard InChI is InChI=1S/C6H14.C3H6.C2H5N/c1-3-5-6-4-2;1-3-2;1-2-3/h3-6H2,1-2H3;3H,1H2,2H3;2-3H,1H3. The third kappa shape index (κ3) is 115. The molecule has 0 saturated heterocycles. The molecule has 0 unspecified atom stereocenters. The number of hydrogen-bond acceptors (Lipinski definition) is 1. The van der Waals surface area contributed by atoms with Gasteiger partial charge in [0.2, 0.25) is 0 Å². The fraction of sp³-hybridized carbons (Fsp3) is 0.727. The second-order valence-corrected chi connectivity index (χ2v) is 2.40. The summed E-state index contributed by atoms with van der Waals surface area (Å²) in [5.74, 6) is 0. The Morgan fingerprint density at radius 1 is 1.08 bits per heavy atom. The molecule has 0 radical (unpaired) electrons. The smallest absolute Gasteiger partial charge is 0.00788 e. The molecule has 1 heteroatoms. The van der Waals surface area contributed by atoms with Crippen molar-refractivity contribution in [2.45, 2.75) is 53.4 Å². The van der Waals surface area contributed by atoms with Gasteiger partial charge in [0.1, 0.15) is 0 Å². The first-order valence-electron chi connectivity index (χ1n) is 4.77. The molecule has 0 fully saturated rings. The molecule has 0 amide bonds. The van der Waals surface area contributed by atoms with E-state index in [1.165, 1.54) is 31.9 Å². The quantitative estimate of drug-likeness (QED) is 0.369. The van der Waals surface area contributed by atoms with Crippen molar-refractivity contribution in [2.24, 2.45) is 0 Å². The normalized spacial score (nSPS) is 6.67. The first-order chi connectivity index (χ1) is 5.74. The molecule has 0 aromatic rings. The van der Waals surface area contributed by atoms with Crippen LogP contribution in [0.15, 0.2) is 12.7 Å². The number of hydrogen-bond donors (Lipinski definition) is 1. The Morgan fingerprint density at radius 3 is 1.33 bits per heavy atom. The predicted octanol–water partition coefficient (Wildman–Crippen LogP) is 4.43. The molecule has 0 saturated carbocycles. The van der Waals surface area contributed by atoms with Gasteiger partial charge in [-0.25, -0.2) is 0 Å². The van der Waals surface area contributed by atoms with Crippen molar-refractivity contribution in [1.29, 1.82) is 5.41 Å². The molecule has 0 rings (SSSR count). The van der Waals surface area contributed by atoms with E-state index in [1.54, 1.807) is 13.0 Å². The van der Waals surface area contributed by atoms with Crippen LogP contribution in [-0.2, 0) is 0 Å². The summed E-state index contributed by atoms with van der Waals surface area (Å²) in [6.45, 7) is 11.4. The SMILES string of the molecule is C=CC.CC=N.CCCCCC. The van der Waals surface area contributed by atoms with Crippen LogP contribution in [0.2, 0.25) is 0 Å². The van der Waals surface area contributed by atoms with Crippen LogP contribution in [-0.4, -0.2) is 6.21 Å². The molecule has 0 aromatic heterocycles. The zero-order valence-corrected chi connectivity index (χ0v) is 9.19. The highest BCUT2D eigenvalue weighted by molar-refractivity contribution is 5.48. The van der Waals surface area contributed by atoms with Crippen LogP contribution in [0.25, 0.3) is 0 Å². The van der Waals surface area contributed by atoms with Crippen LogP contribution >= 0.6 is 0 Å². The lowest BCUT2D eigenvalue weighted by atomic mass is 10.2. The average molecular weight is 171 g/mol. The van der Waals surface area contributed by atoms with Crippen LogP contribution < -0.4 is 0 Å². The first kappa shape index (κ1) is 17.5. The molecule has 0 atom stereocenters. The van der Waals surface area contributed by atoms with Gasteiger partial charge >= 0.3 is 0 Å². The van der Waals surface area contributed by atoms with Gasteiger partial charge in [-0.1, -0.05) is 45.6 Å². The monoisotopic (exact) mass is 171 g/mol. The van der Waals surface area contributed by atoms with Gasteiger partial charge in [-0.15, -0.1) is 6.58 Å². The van der Waals surface area contributed by atoms with Crippen molar-refractivity contribution in [3.05, 3.63) is 12.7 Å². The summed E-state index contributed by atoms with van der Waals surface area (Å²) < 4.78 is 0. The summed E-state index contributed by atoms with van der Waals surface area (Å²) in [5, 5.41) is 6.08. The second kappa shape index (κ2) is 31.5. The zero-order chi connectivity index (χ0) is 10.2. The first-order valence-corrected chi connectivity index (χ1v) is 4.77. The highest BCUT2D eigenvalue weighted by atomic mass is 14.3. The van der Waals surface area contributed by atoms with Crippen LogP contribution in [0.1, 0.15) is 53.4 Å². The lowest BCUT2D eigenvalue weighted by Gasteiger charge is -1.86. The summed E-state index contributed by atoms with van der Waals surface area (Å²) >= 11 is 0. The van der Waals surface area contributed by atoms with Crippen molar-refractivity contribution in [1.82, 2.24) is 0 Å². The molecule has 0 bridgehead atoms. The molecule has 1 nitrogen and oxygen atoms in total. The van der Waals surface area contributed by atoms with Gasteiger partial charge < -0.3 is 5.41 Å². The van der Waals surface area contributed by atoms with E-state index in [4.69, 9.17) is 5.41 Å². The topological polar surface area (TPSA) is 23.9 Å². The Balaban J connectivity index is -0.000000115. The maximum Gasteiger partial charge on any atom is -0.00788 e. The van der Waals surface area contributed by atoms with E-state index in [-0.39, 0.29) is 0 Å². The second-order valence-electron chi connectivity index (χ2n) is 2.40. The van der Waals surface area contributed by atoms with Crippen molar-refractivity contribution < 1.29 is 0 Å². The van der Waals surface area contributed by atoms with E-state index < -0.39 is 0 Å². The third-order valence-corrected chi connectivity index (χ3v) is 0.957. The summed E-state index contributed by atoms with van der Waals surface area (Å²) in [5.41, 5.74) is 0. The minimum atomic E-state index is 1.25. The van der Waals surface area contributed by atoms with Gasteiger partial charge in [0, 0.05) is 0 Å². The van der Waals surface area contributed by atoms with E-state index in [1.807, 2.05) is 6.92 Å².